The Morgan fingerprint density at radius 1 is 1.20 bits per heavy atom. The summed E-state index contributed by atoms with van der Waals surface area (Å²) in [7, 11) is 0. The van der Waals surface area contributed by atoms with Gasteiger partial charge in [-0.1, -0.05) is 19.9 Å². The molecule has 0 aliphatic rings. The average molecular weight is 278 g/mol. The average Bonchev–Trinajstić information content (AvgIpc) is 2.26. The molecular weight excluding hydrogens is 256 g/mol. The molecule has 2 amide bonds. The largest absolute Gasteiger partial charge is 0.413 e. The summed E-state index contributed by atoms with van der Waals surface area (Å²) in [5.74, 6) is 0.193. The van der Waals surface area contributed by atoms with E-state index in [-0.39, 0.29) is 17.4 Å². The lowest BCUT2D eigenvalue weighted by Crippen LogP contribution is -2.42. The summed E-state index contributed by atoms with van der Waals surface area (Å²) in [4.78, 5) is 23.3. The van der Waals surface area contributed by atoms with Crippen molar-refractivity contribution in [2.45, 2.75) is 40.2 Å². The first kappa shape index (κ1) is 16.0. The van der Waals surface area contributed by atoms with Crippen LogP contribution in [0, 0.1) is 5.92 Å². The fourth-order valence-electron chi connectivity index (χ4n) is 1.36. The van der Waals surface area contributed by atoms with Gasteiger partial charge in [-0.05, 0) is 32.9 Å². The minimum atomic E-state index is -0.523. The van der Waals surface area contributed by atoms with Crippen molar-refractivity contribution in [2.24, 2.45) is 5.92 Å². The van der Waals surface area contributed by atoms with Gasteiger partial charge in [-0.3, -0.25) is 4.79 Å². The maximum Gasteiger partial charge on any atom is 0.413 e. The fourth-order valence-corrected chi connectivity index (χ4v) is 1.36. The summed E-state index contributed by atoms with van der Waals surface area (Å²) in [6.45, 7) is 9.23. The monoisotopic (exact) mass is 278 g/mol. The lowest BCUT2D eigenvalue weighted by Gasteiger charge is -2.20. The zero-order valence-corrected chi connectivity index (χ0v) is 12.6. The number of rotatable bonds is 3. The summed E-state index contributed by atoms with van der Waals surface area (Å²) in [5.41, 5.74) is 0.241. The van der Waals surface area contributed by atoms with E-state index in [4.69, 9.17) is 4.74 Å². The molecule has 5 heteroatoms. The molecule has 5 nitrogen and oxygen atoms in total. The number of ether oxygens (including phenoxy) is 1. The molecule has 1 rings (SSSR count). The zero-order chi connectivity index (χ0) is 15.3. The summed E-state index contributed by atoms with van der Waals surface area (Å²) in [6, 6.07) is 6.74. The molecule has 0 saturated carbocycles. The SMILES string of the molecule is CC(C)C(=O)Nc1cccc(OC(=O)NC(C)(C)C)c1. The maximum absolute atomic E-state index is 11.6. The molecule has 0 spiro atoms. The third-order valence-corrected chi connectivity index (χ3v) is 2.31. The van der Waals surface area contributed by atoms with Crippen LogP contribution in [0.25, 0.3) is 0 Å². The van der Waals surface area contributed by atoms with E-state index in [0.29, 0.717) is 11.4 Å². The molecule has 0 aliphatic heterocycles. The van der Waals surface area contributed by atoms with Crippen LogP contribution in [0.2, 0.25) is 0 Å². The van der Waals surface area contributed by atoms with Crippen LogP contribution in [0.15, 0.2) is 24.3 Å². The first-order chi connectivity index (χ1) is 9.17. The van der Waals surface area contributed by atoms with Gasteiger partial charge < -0.3 is 15.4 Å². The smallest absolute Gasteiger partial charge is 0.410 e. The van der Waals surface area contributed by atoms with E-state index >= 15 is 0 Å². The summed E-state index contributed by atoms with van der Waals surface area (Å²) >= 11 is 0. The Bertz CT molecular complexity index is 490. The third-order valence-electron chi connectivity index (χ3n) is 2.31. The van der Waals surface area contributed by atoms with Gasteiger partial charge in [0.05, 0.1) is 0 Å². The van der Waals surface area contributed by atoms with E-state index in [0.717, 1.165) is 0 Å². The lowest BCUT2D eigenvalue weighted by molar-refractivity contribution is -0.118. The van der Waals surface area contributed by atoms with Crippen LogP contribution in [0.5, 0.6) is 5.75 Å². The van der Waals surface area contributed by atoms with Gasteiger partial charge in [0.15, 0.2) is 0 Å². The summed E-state index contributed by atoms with van der Waals surface area (Å²) in [6.07, 6.45) is -0.523. The Labute approximate surface area is 119 Å². The van der Waals surface area contributed by atoms with Gasteiger partial charge in [-0.25, -0.2) is 4.79 Å². The van der Waals surface area contributed by atoms with Crippen molar-refractivity contribution < 1.29 is 14.3 Å². The molecule has 110 valence electrons. The van der Waals surface area contributed by atoms with Gasteiger partial charge in [0.1, 0.15) is 5.75 Å². The highest BCUT2D eigenvalue weighted by molar-refractivity contribution is 5.92. The van der Waals surface area contributed by atoms with Crippen LogP contribution in [-0.4, -0.2) is 17.5 Å². The van der Waals surface area contributed by atoms with E-state index < -0.39 is 6.09 Å². The van der Waals surface area contributed by atoms with Gasteiger partial charge in [0, 0.05) is 23.2 Å². The van der Waals surface area contributed by atoms with Crippen molar-refractivity contribution in [1.82, 2.24) is 5.32 Å². The highest BCUT2D eigenvalue weighted by atomic mass is 16.6. The van der Waals surface area contributed by atoms with Crippen LogP contribution in [0.4, 0.5) is 10.5 Å². The van der Waals surface area contributed by atoms with E-state index in [9.17, 15) is 9.59 Å². The summed E-state index contributed by atoms with van der Waals surface area (Å²) in [5, 5.41) is 5.45. The standard InChI is InChI=1S/C15H22N2O3/c1-10(2)13(18)16-11-7-6-8-12(9-11)20-14(19)17-15(3,4)5/h6-10H,1-5H3,(H,16,18)(H,17,19). The topological polar surface area (TPSA) is 67.4 Å². The van der Waals surface area contributed by atoms with Gasteiger partial charge >= 0.3 is 6.09 Å². The third kappa shape index (κ3) is 5.73. The quantitative estimate of drug-likeness (QED) is 0.892. The second kappa shape index (κ2) is 6.41. The highest BCUT2D eigenvalue weighted by Crippen LogP contribution is 2.18. The number of hydrogen-bond acceptors (Lipinski definition) is 3. The van der Waals surface area contributed by atoms with Crippen molar-refractivity contribution in [1.29, 1.82) is 0 Å². The first-order valence-corrected chi connectivity index (χ1v) is 6.58. The molecule has 0 radical (unpaired) electrons. The number of amides is 2. The number of carbonyl (C=O) groups excluding carboxylic acids is 2. The van der Waals surface area contributed by atoms with E-state index in [2.05, 4.69) is 10.6 Å². The Morgan fingerprint density at radius 2 is 1.85 bits per heavy atom. The van der Waals surface area contributed by atoms with Crippen molar-refractivity contribution in [3.05, 3.63) is 24.3 Å². The molecule has 0 fully saturated rings. The number of nitrogens with one attached hydrogen (secondary N) is 2. The zero-order valence-electron chi connectivity index (χ0n) is 12.6. The van der Waals surface area contributed by atoms with Gasteiger partial charge in [0.2, 0.25) is 5.91 Å². The fraction of sp³-hybridized carbons (Fsp3) is 0.467. The molecule has 0 atom stereocenters. The number of anilines is 1. The van der Waals surface area contributed by atoms with Gasteiger partial charge in [0.25, 0.3) is 0 Å². The maximum atomic E-state index is 11.6. The first-order valence-electron chi connectivity index (χ1n) is 6.58. The van der Waals surface area contributed by atoms with Crippen LogP contribution >= 0.6 is 0 Å². The second-order valence-electron chi connectivity index (χ2n) is 5.94. The van der Waals surface area contributed by atoms with Crippen molar-refractivity contribution >= 4 is 17.7 Å². The van der Waals surface area contributed by atoms with E-state index in [1.807, 2.05) is 34.6 Å². The van der Waals surface area contributed by atoms with Crippen LogP contribution in [-0.2, 0) is 4.79 Å². The molecule has 0 aromatic heterocycles. The van der Waals surface area contributed by atoms with Crippen molar-refractivity contribution in [3.8, 4) is 5.75 Å². The predicted octanol–water partition coefficient (Wildman–Crippen LogP) is 3.17. The molecule has 1 aromatic rings. The molecule has 20 heavy (non-hydrogen) atoms. The molecule has 2 N–H and O–H groups in total. The van der Waals surface area contributed by atoms with Gasteiger partial charge in [-0.2, -0.15) is 0 Å². The Balaban J connectivity index is 2.69. The molecule has 0 bridgehead atoms. The summed E-state index contributed by atoms with van der Waals surface area (Å²) < 4.78 is 5.17. The number of benzene rings is 1. The Morgan fingerprint density at radius 3 is 2.40 bits per heavy atom. The van der Waals surface area contributed by atoms with Crippen molar-refractivity contribution in [3.63, 3.8) is 0 Å². The predicted molar refractivity (Wildman–Crippen MR) is 78.8 cm³/mol. The normalized spacial score (nSPS) is 11.1. The number of carbonyl (C=O) groups is 2. The van der Waals surface area contributed by atoms with E-state index in [1.54, 1.807) is 24.3 Å². The minimum Gasteiger partial charge on any atom is -0.410 e. The van der Waals surface area contributed by atoms with Crippen molar-refractivity contribution in [2.75, 3.05) is 5.32 Å². The molecule has 0 heterocycles. The second-order valence-corrected chi connectivity index (χ2v) is 5.94. The van der Waals surface area contributed by atoms with E-state index in [1.165, 1.54) is 0 Å². The molecule has 0 saturated heterocycles. The highest BCUT2D eigenvalue weighted by Gasteiger charge is 2.15. The molecular formula is C15H22N2O3. The van der Waals surface area contributed by atoms with Crippen LogP contribution in [0.3, 0.4) is 0 Å². The van der Waals surface area contributed by atoms with Crippen LogP contribution < -0.4 is 15.4 Å². The number of hydrogen-bond donors (Lipinski definition) is 2. The van der Waals surface area contributed by atoms with Crippen LogP contribution in [0.1, 0.15) is 34.6 Å². The lowest BCUT2D eigenvalue weighted by atomic mass is 10.1. The Kier molecular flexibility index (Phi) is 5.13. The minimum absolute atomic E-state index is 0.0821. The molecule has 0 unspecified atom stereocenters. The molecule has 1 aromatic carbocycles. The molecule has 0 aliphatic carbocycles. The van der Waals surface area contributed by atoms with Gasteiger partial charge in [-0.15, -0.1) is 0 Å². The Hall–Kier alpha value is -2.04.